The van der Waals surface area contributed by atoms with E-state index in [0.717, 1.165) is 10.0 Å². The van der Waals surface area contributed by atoms with E-state index in [2.05, 4.69) is 27.8 Å². The van der Waals surface area contributed by atoms with Gasteiger partial charge in [0, 0.05) is 16.0 Å². The van der Waals surface area contributed by atoms with Gasteiger partial charge in [-0.3, -0.25) is 4.79 Å². The van der Waals surface area contributed by atoms with Gasteiger partial charge in [0.1, 0.15) is 0 Å². The molecule has 1 amide bonds. The van der Waals surface area contributed by atoms with Crippen LogP contribution in [0.15, 0.2) is 40.9 Å². The fourth-order valence-corrected chi connectivity index (χ4v) is 2.37. The summed E-state index contributed by atoms with van der Waals surface area (Å²) >= 11 is 3.49. The molecule has 0 saturated carbocycles. The van der Waals surface area contributed by atoms with E-state index in [4.69, 9.17) is 0 Å². The lowest BCUT2D eigenvalue weighted by molar-refractivity contribution is -0.116. The molecule has 1 aromatic carbocycles. The molecule has 0 unspecified atom stereocenters. The van der Waals surface area contributed by atoms with Crippen LogP contribution >= 0.6 is 15.9 Å². The maximum absolute atomic E-state index is 11.5. The molecule has 1 heterocycles. The van der Waals surface area contributed by atoms with Crippen LogP contribution in [0, 0.1) is 5.92 Å². The summed E-state index contributed by atoms with van der Waals surface area (Å²) in [6, 6.07) is 7.98. The molecule has 1 aliphatic heterocycles. The summed E-state index contributed by atoms with van der Waals surface area (Å²) < 4.78 is 1.02. The normalized spacial score (nSPS) is 25.5. The third-order valence-corrected chi connectivity index (χ3v) is 3.59. The summed E-state index contributed by atoms with van der Waals surface area (Å²) in [5, 5.41) is 2.94. The fraction of sp³-hybridized carbons (Fsp3) is 0.250. The lowest BCUT2D eigenvalue weighted by Crippen LogP contribution is -2.20. The molecule has 1 N–H and O–H groups in total. The molecular formula is C12H12BrNO. The Morgan fingerprint density at radius 3 is 2.60 bits per heavy atom. The molecule has 0 spiro atoms. The number of halogens is 1. The Morgan fingerprint density at radius 2 is 2.07 bits per heavy atom. The second kappa shape index (κ2) is 3.81. The van der Waals surface area contributed by atoms with Gasteiger partial charge in [0.25, 0.3) is 0 Å². The van der Waals surface area contributed by atoms with Crippen LogP contribution in [0.1, 0.15) is 18.5 Å². The number of carbonyl (C=O) groups excluding carboxylic acids is 1. The average Bonchev–Trinajstić information content (AvgIpc) is 2.47. The Labute approximate surface area is 97.5 Å². The molecule has 0 radical (unpaired) electrons. The van der Waals surface area contributed by atoms with E-state index < -0.39 is 0 Å². The van der Waals surface area contributed by atoms with Crippen LogP contribution in [0.4, 0.5) is 0 Å². The van der Waals surface area contributed by atoms with Crippen molar-refractivity contribution in [2.24, 2.45) is 5.92 Å². The van der Waals surface area contributed by atoms with Gasteiger partial charge in [-0.15, -0.1) is 0 Å². The lowest BCUT2D eigenvalue weighted by Gasteiger charge is -2.16. The van der Waals surface area contributed by atoms with Gasteiger partial charge in [-0.25, -0.2) is 0 Å². The Kier molecular flexibility index (Phi) is 2.65. The second-order valence-corrected chi connectivity index (χ2v) is 4.64. The quantitative estimate of drug-likeness (QED) is 0.778. The van der Waals surface area contributed by atoms with Crippen molar-refractivity contribution in [2.75, 3.05) is 0 Å². The minimum Gasteiger partial charge on any atom is -0.345 e. The van der Waals surface area contributed by atoms with Gasteiger partial charge < -0.3 is 5.32 Å². The van der Waals surface area contributed by atoms with Crippen molar-refractivity contribution in [1.82, 2.24) is 5.32 Å². The molecule has 1 fully saturated rings. The maximum atomic E-state index is 11.5. The van der Waals surface area contributed by atoms with Crippen LogP contribution in [0.25, 0.3) is 0 Å². The number of hydrogen-bond acceptors (Lipinski definition) is 1. The monoisotopic (exact) mass is 265 g/mol. The molecule has 3 heteroatoms. The van der Waals surface area contributed by atoms with Crippen LogP contribution in [0.5, 0.6) is 0 Å². The topological polar surface area (TPSA) is 29.1 Å². The van der Waals surface area contributed by atoms with Crippen LogP contribution in [-0.4, -0.2) is 5.91 Å². The predicted molar refractivity (Wildman–Crippen MR) is 63.3 cm³/mol. The van der Waals surface area contributed by atoms with E-state index in [9.17, 15) is 4.79 Å². The molecular weight excluding hydrogens is 254 g/mol. The Balaban J connectivity index is 2.38. The first-order chi connectivity index (χ1) is 7.11. The number of amides is 1. The first kappa shape index (κ1) is 10.4. The number of hydrogen-bond donors (Lipinski definition) is 1. The lowest BCUT2D eigenvalue weighted by atomic mass is 9.93. The molecule has 1 aromatic rings. The van der Waals surface area contributed by atoms with Crippen molar-refractivity contribution in [3.63, 3.8) is 0 Å². The van der Waals surface area contributed by atoms with Gasteiger partial charge in [-0.2, -0.15) is 0 Å². The Bertz CT molecular complexity index is 427. The molecule has 1 aliphatic rings. The van der Waals surface area contributed by atoms with Crippen molar-refractivity contribution in [3.8, 4) is 0 Å². The molecule has 1 saturated heterocycles. The first-order valence-electron chi connectivity index (χ1n) is 4.85. The van der Waals surface area contributed by atoms with E-state index in [1.54, 1.807) is 0 Å². The highest BCUT2D eigenvalue weighted by Gasteiger charge is 2.34. The van der Waals surface area contributed by atoms with E-state index in [0.29, 0.717) is 5.57 Å². The van der Waals surface area contributed by atoms with Crippen molar-refractivity contribution in [1.29, 1.82) is 0 Å². The predicted octanol–water partition coefficient (Wildman–Crippen LogP) is 2.81. The average molecular weight is 266 g/mol. The van der Waals surface area contributed by atoms with Gasteiger partial charge in [-0.1, -0.05) is 47.6 Å². The van der Waals surface area contributed by atoms with Crippen molar-refractivity contribution in [2.45, 2.75) is 13.0 Å². The van der Waals surface area contributed by atoms with E-state index in [1.807, 2.05) is 31.2 Å². The highest BCUT2D eigenvalue weighted by atomic mass is 79.9. The molecule has 0 aromatic heterocycles. The molecule has 15 heavy (non-hydrogen) atoms. The maximum Gasteiger partial charge on any atom is 0.247 e. The summed E-state index contributed by atoms with van der Waals surface area (Å²) in [4.78, 5) is 11.5. The van der Waals surface area contributed by atoms with E-state index >= 15 is 0 Å². The minimum absolute atomic E-state index is 0.0387. The minimum atomic E-state index is -0.0387. The van der Waals surface area contributed by atoms with Gasteiger partial charge in [0.15, 0.2) is 0 Å². The summed E-state index contributed by atoms with van der Waals surface area (Å²) in [6.45, 7) is 5.81. The summed E-state index contributed by atoms with van der Waals surface area (Å²) in [7, 11) is 0. The number of benzene rings is 1. The Hall–Kier alpha value is -1.09. The molecule has 78 valence electrons. The van der Waals surface area contributed by atoms with Crippen LogP contribution in [-0.2, 0) is 4.79 Å². The number of rotatable bonds is 1. The van der Waals surface area contributed by atoms with Crippen molar-refractivity contribution >= 4 is 21.8 Å². The number of nitrogens with one attached hydrogen (secondary N) is 1. The largest absolute Gasteiger partial charge is 0.345 e. The first-order valence-corrected chi connectivity index (χ1v) is 5.64. The fourth-order valence-electron chi connectivity index (χ4n) is 1.84. The zero-order valence-electron chi connectivity index (χ0n) is 8.46. The Morgan fingerprint density at radius 1 is 1.40 bits per heavy atom. The van der Waals surface area contributed by atoms with Gasteiger partial charge >= 0.3 is 0 Å². The van der Waals surface area contributed by atoms with Crippen LogP contribution in [0.3, 0.4) is 0 Å². The summed E-state index contributed by atoms with van der Waals surface area (Å²) in [6.07, 6.45) is 0. The second-order valence-electron chi connectivity index (χ2n) is 3.79. The summed E-state index contributed by atoms with van der Waals surface area (Å²) in [5.74, 6) is 0.111. The van der Waals surface area contributed by atoms with Crippen molar-refractivity contribution < 1.29 is 4.79 Å². The third kappa shape index (κ3) is 1.72. The molecule has 0 aliphatic carbocycles. The smallest absolute Gasteiger partial charge is 0.247 e. The van der Waals surface area contributed by atoms with Crippen molar-refractivity contribution in [3.05, 3.63) is 46.5 Å². The standard InChI is InChI=1S/C12H12BrNO/c1-7-8(2)12(15)14-11(7)9-5-3-4-6-10(9)13/h3-7,11H,2H2,1H3,(H,14,15)/t7-,11-/m0/s1. The van der Waals surface area contributed by atoms with Gasteiger partial charge in [-0.05, 0) is 11.6 Å². The van der Waals surface area contributed by atoms with Crippen LogP contribution < -0.4 is 5.32 Å². The zero-order valence-corrected chi connectivity index (χ0v) is 10.0. The molecule has 0 bridgehead atoms. The highest BCUT2D eigenvalue weighted by molar-refractivity contribution is 9.10. The SMILES string of the molecule is C=C1C(=O)N[C@H](c2ccccc2Br)[C@H]1C. The molecule has 2 rings (SSSR count). The van der Waals surface area contributed by atoms with E-state index in [1.165, 1.54) is 0 Å². The van der Waals surface area contributed by atoms with E-state index in [-0.39, 0.29) is 17.9 Å². The molecule has 2 nitrogen and oxygen atoms in total. The van der Waals surface area contributed by atoms with Gasteiger partial charge in [0.2, 0.25) is 5.91 Å². The number of carbonyl (C=O) groups is 1. The summed E-state index contributed by atoms with van der Waals surface area (Å²) in [5.41, 5.74) is 1.77. The highest BCUT2D eigenvalue weighted by Crippen LogP contribution is 2.35. The van der Waals surface area contributed by atoms with Gasteiger partial charge in [0.05, 0.1) is 6.04 Å². The van der Waals surface area contributed by atoms with Crippen LogP contribution in [0.2, 0.25) is 0 Å². The zero-order chi connectivity index (χ0) is 11.0. The third-order valence-electron chi connectivity index (χ3n) is 2.87. The molecule has 2 atom stereocenters.